The maximum Gasteiger partial charge on any atom is 1.00 e. The molecule has 1 rings (SSSR count). The number of nitrogens with zero attached hydrogens (tertiary/aromatic N) is 1. The second kappa shape index (κ2) is 6.95. The molecular formula is C10H18BF3KN. The van der Waals surface area contributed by atoms with Crippen molar-refractivity contribution in [3.63, 3.8) is 0 Å². The van der Waals surface area contributed by atoms with Crippen molar-refractivity contribution in [2.24, 2.45) is 5.92 Å². The summed E-state index contributed by atoms with van der Waals surface area (Å²) in [6.45, 7) is 3.08. The van der Waals surface area contributed by atoms with E-state index in [2.05, 4.69) is 13.5 Å². The van der Waals surface area contributed by atoms with Crippen LogP contribution in [-0.4, -0.2) is 31.0 Å². The van der Waals surface area contributed by atoms with E-state index in [-0.39, 0.29) is 64.0 Å². The van der Waals surface area contributed by atoms with Gasteiger partial charge in [0, 0.05) is 12.6 Å². The van der Waals surface area contributed by atoms with Gasteiger partial charge in [-0.25, -0.2) is 0 Å². The predicted octanol–water partition coefficient (Wildman–Crippen LogP) is 0.0536. The molecule has 0 N–H and O–H groups in total. The second-order valence-electron chi connectivity index (χ2n) is 4.69. The van der Waals surface area contributed by atoms with E-state index < -0.39 is 12.4 Å². The van der Waals surface area contributed by atoms with Gasteiger partial charge in [0.2, 0.25) is 0 Å². The van der Waals surface area contributed by atoms with Gasteiger partial charge in [-0.2, -0.15) is 0 Å². The molecule has 0 bridgehead atoms. The molecule has 6 heteroatoms. The number of hydrogen-bond donors (Lipinski definition) is 0. The Kier molecular flexibility index (Phi) is 7.46. The Morgan fingerprint density at radius 2 is 1.88 bits per heavy atom. The normalized spacial score (nSPS) is 27.3. The van der Waals surface area contributed by atoms with E-state index in [9.17, 15) is 12.9 Å². The number of piperidine rings is 1. The van der Waals surface area contributed by atoms with E-state index in [1.807, 2.05) is 11.8 Å². The first-order valence-corrected chi connectivity index (χ1v) is 5.42. The van der Waals surface area contributed by atoms with Gasteiger partial charge in [-0.05, 0) is 32.2 Å². The molecule has 0 aromatic carbocycles. The summed E-state index contributed by atoms with van der Waals surface area (Å²) in [5.74, 6) is 0.495. The monoisotopic (exact) mass is 259 g/mol. The Bertz CT molecular complexity index is 245. The van der Waals surface area contributed by atoms with Gasteiger partial charge in [-0.15, -0.1) is 12.1 Å². The van der Waals surface area contributed by atoms with Crippen molar-refractivity contribution in [1.82, 2.24) is 4.90 Å². The summed E-state index contributed by atoms with van der Waals surface area (Å²) >= 11 is 0. The van der Waals surface area contributed by atoms with Crippen LogP contribution in [0.3, 0.4) is 0 Å². The van der Waals surface area contributed by atoms with Crippen molar-refractivity contribution in [2.45, 2.75) is 32.7 Å². The van der Waals surface area contributed by atoms with Gasteiger partial charge in [0.1, 0.15) is 0 Å². The molecule has 0 spiro atoms. The van der Waals surface area contributed by atoms with Crippen molar-refractivity contribution in [2.75, 3.05) is 13.1 Å². The van der Waals surface area contributed by atoms with E-state index >= 15 is 0 Å². The van der Waals surface area contributed by atoms with Gasteiger partial charge in [0.15, 0.2) is 0 Å². The summed E-state index contributed by atoms with van der Waals surface area (Å²) in [7, 11) is 0. The van der Waals surface area contributed by atoms with Gasteiger partial charge in [-0.3, -0.25) is 4.90 Å². The van der Waals surface area contributed by atoms with Crippen LogP contribution in [-0.2, 0) is 0 Å². The van der Waals surface area contributed by atoms with E-state index in [1.54, 1.807) is 0 Å². The van der Waals surface area contributed by atoms with Crippen LogP contribution in [0.2, 0.25) is 0 Å². The van der Waals surface area contributed by atoms with Gasteiger partial charge in [-0.1, -0.05) is 6.92 Å². The minimum atomic E-state index is -4.87. The zero-order chi connectivity index (χ0) is 11.6. The van der Waals surface area contributed by atoms with Crippen LogP contribution in [0.5, 0.6) is 0 Å². The van der Waals surface area contributed by atoms with Gasteiger partial charge >= 0.3 is 58.4 Å². The third-order valence-electron chi connectivity index (χ3n) is 3.12. The molecule has 2 unspecified atom stereocenters. The predicted molar refractivity (Wildman–Crippen MR) is 57.7 cm³/mol. The summed E-state index contributed by atoms with van der Waals surface area (Å²) in [6, 6.07) is 0.246. The Labute approximate surface area is 138 Å². The molecule has 0 amide bonds. The van der Waals surface area contributed by atoms with Crippen LogP contribution < -0.4 is 51.4 Å². The molecule has 1 fully saturated rings. The molecular weight excluding hydrogens is 241 g/mol. The number of halogens is 3. The van der Waals surface area contributed by atoms with Crippen LogP contribution in [0.25, 0.3) is 0 Å². The fourth-order valence-corrected chi connectivity index (χ4v) is 1.96. The third kappa shape index (κ3) is 5.23. The third-order valence-corrected chi connectivity index (χ3v) is 3.12. The molecule has 16 heavy (non-hydrogen) atoms. The maximum atomic E-state index is 12.4. The maximum absolute atomic E-state index is 12.4. The van der Waals surface area contributed by atoms with E-state index in [1.165, 1.54) is 0 Å². The van der Waals surface area contributed by atoms with Gasteiger partial charge < -0.3 is 12.9 Å². The molecule has 1 heterocycles. The summed E-state index contributed by atoms with van der Waals surface area (Å²) in [5.41, 5.74) is -0.573. The smallest absolute Gasteiger partial charge is 0.445 e. The van der Waals surface area contributed by atoms with Crippen LogP contribution in [0, 0.1) is 5.92 Å². The molecule has 0 aliphatic carbocycles. The summed E-state index contributed by atoms with van der Waals surface area (Å²) in [4.78, 5) is 1.89. The first-order valence-electron chi connectivity index (χ1n) is 5.42. The van der Waals surface area contributed by atoms with Gasteiger partial charge in [0.05, 0.1) is 0 Å². The molecule has 1 aliphatic rings. The fraction of sp³-hybridized carbons (Fsp3) is 0.800. The van der Waals surface area contributed by atoms with Crippen molar-refractivity contribution in [3.05, 3.63) is 12.1 Å². The van der Waals surface area contributed by atoms with Crippen LogP contribution >= 0.6 is 0 Å². The average Bonchev–Trinajstić information content (AvgIpc) is 2.09. The van der Waals surface area contributed by atoms with E-state index in [4.69, 9.17) is 0 Å². The van der Waals surface area contributed by atoms with Crippen molar-refractivity contribution >= 4 is 6.98 Å². The Hall–Kier alpha value is 1.19. The van der Waals surface area contributed by atoms with Crippen molar-refractivity contribution in [1.29, 1.82) is 0 Å². The summed E-state index contributed by atoms with van der Waals surface area (Å²) < 4.78 is 37.1. The fourth-order valence-electron chi connectivity index (χ4n) is 1.96. The molecule has 0 aromatic rings. The summed E-state index contributed by atoms with van der Waals surface area (Å²) in [5, 5.41) is 0. The first kappa shape index (κ1) is 17.2. The zero-order valence-corrected chi connectivity index (χ0v) is 13.5. The minimum absolute atomic E-state index is 0. The second-order valence-corrected chi connectivity index (χ2v) is 4.69. The Morgan fingerprint density at radius 3 is 2.38 bits per heavy atom. The molecule has 0 radical (unpaired) electrons. The Morgan fingerprint density at radius 1 is 1.31 bits per heavy atom. The molecule has 1 saturated heterocycles. The van der Waals surface area contributed by atoms with Gasteiger partial charge in [0.25, 0.3) is 0 Å². The standard InChI is InChI=1S/C10H18BF3N.K/c1-8-4-5-10(3)15(6-8)7-9(2)11(12,13)14;/h8,10H,2,4-7H2,1,3H3;/q-1;+1. The van der Waals surface area contributed by atoms with Crippen LogP contribution in [0.4, 0.5) is 12.9 Å². The molecule has 1 nitrogen and oxygen atoms in total. The number of rotatable bonds is 3. The van der Waals surface area contributed by atoms with E-state index in [0.29, 0.717) is 5.92 Å². The number of hydrogen-bond acceptors (Lipinski definition) is 1. The molecule has 0 saturated carbocycles. The molecule has 1 aliphatic heterocycles. The van der Waals surface area contributed by atoms with Crippen molar-refractivity contribution < 1.29 is 64.3 Å². The number of likely N-dealkylation sites (tertiary alicyclic amines) is 1. The largest absolute Gasteiger partial charge is 1.00 e. The first-order chi connectivity index (χ1) is 6.80. The van der Waals surface area contributed by atoms with E-state index in [0.717, 1.165) is 19.4 Å². The summed E-state index contributed by atoms with van der Waals surface area (Å²) in [6.07, 6.45) is 2.10. The zero-order valence-electron chi connectivity index (χ0n) is 10.3. The minimum Gasteiger partial charge on any atom is -0.445 e. The SMILES string of the molecule is C=C(CN1CC(C)CCC1C)[B-](F)(F)F.[K+]. The quantitative estimate of drug-likeness (QED) is 0.648. The molecule has 0 aromatic heterocycles. The van der Waals surface area contributed by atoms with Crippen molar-refractivity contribution in [3.8, 4) is 0 Å². The average molecular weight is 259 g/mol. The Balaban J connectivity index is 0.00000225. The molecule has 88 valence electrons. The van der Waals surface area contributed by atoms with Crippen LogP contribution in [0.1, 0.15) is 26.7 Å². The molecule has 2 atom stereocenters. The van der Waals surface area contributed by atoms with Crippen LogP contribution in [0.15, 0.2) is 12.1 Å². The topological polar surface area (TPSA) is 3.24 Å².